The third-order valence-electron chi connectivity index (χ3n) is 7.83. The molecular weight excluding hydrogens is 672 g/mol. The zero-order chi connectivity index (χ0) is 34.3. The Balaban J connectivity index is 0.000000284. The molecule has 3 aromatic carbocycles. The van der Waals surface area contributed by atoms with Gasteiger partial charge in [0.2, 0.25) is 0 Å². The Morgan fingerprint density at radius 1 is 1.04 bits per heavy atom. The minimum atomic E-state index is 0.430. The maximum Gasteiger partial charge on any atom is 0.175 e. The first kappa shape index (κ1) is 37.7. The van der Waals surface area contributed by atoms with Gasteiger partial charge in [0.05, 0.1) is 36.1 Å². The number of allylic oxidation sites excluding steroid dienone is 2. The number of aliphatic imine (C=N–C) groups is 1. The van der Waals surface area contributed by atoms with Crippen LogP contribution in [-0.2, 0) is 6.42 Å². The van der Waals surface area contributed by atoms with Crippen molar-refractivity contribution in [3.8, 4) is 5.75 Å². The monoisotopic (exact) mass is 718 g/mol. The number of ether oxygens (including phenoxy) is 1. The van der Waals surface area contributed by atoms with Crippen LogP contribution in [0, 0.1) is 12.8 Å². The van der Waals surface area contributed by atoms with Crippen molar-refractivity contribution in [3.05, 3.63) is 104 Å². The molecule has 0 radical (unpaired) electrons. The smallest absolute Gasteiger partial charge is 0.175 e. The molecule has 0 aliphatic heterocycles. The summed E-state index contributed by atoms with van der Waals surface area (Å²) in [6.45, 7) is 16.0. The second-order valence-corrected chi connectivity index (χ2v) is 12.8. The molecule has 1 aromatic heterocycles. The molecule has 0 aliphatic carbocycles. The van der Waals surface area contributed by atoms with Crippen molar-refractivity contribution in [2.45, 2.75) is 67.7 Å². The van der Waals surface area contributed by atoms with Crippen LogP contribution in [0.15, 0.2) is 92.4 Å². The molecule has 9 heteroatoms. The highest BCUT2D eigenvalue weighted by Gasteiger charge is 2.12. The first-order valence-corrected chi connectivity index (χ1v) is 17.3. The molecule has 47 heavy (non-hydrogen) atoms. The summed E-state index contributed by atoms with van der Waals surface area (Å²) in [6.07, 6.45) is 5.35. The summed E-state index contributed by atoms with van der Waals surface area (Å²) >= 11 is 9.44. The lowest BCUT2D eigenvalue weighted by molar-refractivity contribution is 0.414. The quantitative estimate of drug-likeness (QED) is 0.107. The van der Waals surface area contributed by atoms with Gasteiger partial charge in [-0.25, -0.2) is 4.98 Å². The van der Waals surface area contributed by atoms with Gasteiger partial charge >= 0.3 is 0 Å². The Morgan fingerprint density at radius 3 is 2.47 bits per heavy atom. The second-order valence-electron chi connectivity index (χ2n) is 11.6. The molecule has 2 N–H and O–H groups in total. The third kappa shape index (κ3) is 12.1. The number of aromatic amines is 1. The highest BCUT2D eigenvalue weighted by molar-refractivity contribution is 9.10. The largest absolute Gasteiger partial charge is 0.497 e. The Kier molecular flexibility index (Phi) is 15.4. The van der Waals surface area contributed by atoms with Gasteiger partial charge in [-0.1, -0.05) is 62.7 Å². The number of aromatic nitrogens is 2. The number of aryl methyl sites for hydroxylation is 1. The van der Waals surface area contributed by atoms with Gasteiger partial charge in [0, 0.05) is 34.1 Å². The number of hydrogen-bond donors (Lipinski definition) is 2. The fraction of sp³-hybridized carbons (Fsp3) is 0.368. The number of methoxy groups -OCH3 is 1. The summed E-state index contributed by atoms with van der Waals surface area (Å²) in [7, 11) is 1.67. The minimum Gasteiger partial charge on any atom is -0.497 e. The molecule has 0 amide bonds. The SMILES string of the molecule is CC/C=C(/C)NCCc1ccc2nc(Br)[nH]c2c1.CCC(C)/C(C)=N\N=C(/C)CN=C(c1ccc(Cl)cc1)c1cc(OC)ccc1C. The van der Waals surface area contributed by atoms with Crippen LogP contribution < -0.4 is 10.1 Å². The summed E-state index contributed by atoms with van der Waals surface area (Å²) in [6, 6.07) is 20.1. The van der Waals surface area contributed by atoms with Crippen LogP contribution in [0.5, 0.6) is 5.75 Å². The molecule has 250 valence electrons. The molecule has 0 saturated heterocycles. The van der Waals surface area contributed by atoms with Crippen LogP contribution in [0.3, 0.4) is 0 Å². The van der Waals surface area contributed by atoms with Crippen LogP contribution >= 0.6 is 27.5 Å². The molecule has 0 fully saturated rings. The van der Waals surface area contributed by atoms with E-state index in [9.17, 15) is 0 Å². The van der Waals surface area contributed by atoms with E-state index in [2.05, 4.69) is 100 Å². The standard InChI is InChI=1S/C24H30ClN3O.C14H18BrN3/c1-7-16(2)19(5)28-27-18(4)15-26-24(20-9-11-21(25)12-10-20)23-14-22(29-6)13-8-17(23)3;1-3-4-10(2)16-8-7-11-5-6-12-13(9-11)18-14(15)17-12/h8-14,16H,7,15H2,1-6H3;4-6,9,16H,3,7-8H2,1-2H3,(H,17,18)/b26-24?,27-18+,28-19-;10-4-. The zero-order valence-corrected chi connectivity index (χ0v) is 31.3. The van der Waals surface area contributed by atoms with Crippen molar-refractivity contribution in [2.24, 2.45) is 21.1 Å². The van der Waals surface area contributed by atoms with Gasteiger partial charge in [-0.15, -0.1) is 0 Å². The van der Waals surface area contributed by atoms with E-state index in [0.29, 0.717) is 17.5 Å². The maximum atomic E-state index is 6.08. The van der Waals surface area contributed by atoms with Crippen molar-refractivity contribution in [1.82, 2.24) is 15.3 Å². The van der Waals surface area contributed by atoms with Crippen LogP contribution in [-0.4, -0.2) is 47.3 Å². The second kappa shape index (κ2) is 19.2. The fourth-order valence-electron chi connectivity index (χ4n) is 4.67. The van der Waals surface area contributed by atoms with E-state index in [1.165, 1.54) is 11.3 Å². The van der Waals surface area contributed by atoms with Crippen molar-refractivity contribution < 1.29 is 4.74 Å². The van der Waals surface area contributed by atoms with Gasteiger partial charge in [0.1, 0.15) is 5.75 Å². The molecule has 1 atom stereocenters. The Hall–Kier alpha value is -3.75. The summed E-state index contributed by atoms with van der Waals surface area (Å²) in [5.41, 5.74) is 10.6. The molecule has 0 aliphatic rings. The van der Waals surface area contributed by atoms with E-state index >= 15 is 0 Å². The van der Waals surface area contributed by atoms with Crippen LogP contribution in [0.2, 0.25) is 5.02 Å². The number of nitrogens with zero attached hydrogens (tertiary/aromatic N) is 4. The van der Waals surface area contributed by atoms with Crippen LogP contribution in [0.4, 0.5) is 0 Å². The number of hydrogen-bond acceptors (Lipinski definition) is 6. The third-order valence-corrected chi connectivity index (χ3v) is 8.46. The van der Waals surface area contributed by atoms with Crippen molar-refractivity contribution in [3.63, 3.8) is 0 Å². The van der Waals surface area contributed by atoms with Crippen LogP contribution in [0.1, 0.15) is 76.6 Å². The van der Waals surface area contributed by atoms with Crippen LogP contribution in [0.25, 0.3) is 11.0 Å². The van der Waals surface area contributed by atoms with Gasteiger partial charge in [-0.05, 0) is 116 Å². The van der Waals surface area contributed by atoms with E-state index in [-0.39, 0.29) is 0 Å². The first-order chi connectivity index (χ1) is 22.5. The number of nitrogens with one attached hydrogen (secondary N) is 2. The lowest BCUT2D eigenvalue weighted by atomic mass is 9.97. The Bertz CT molecular complexity index is 1720. The molecular formula is C38H48BrClN6O. The van der Waals surface area contributed by atoms with Gasteiger partial charge in [-0.3, -0.25) is 4.99 Å². The predicted octanol–water partition coefficient (Wildman–Crippen LogP) is 10.1. The molecule has 4 rings (SSSR count). The summed E-state index contributed by atoms with van der Waals surface area (Å²) in [5.74, 6) is 1.23. The topological polar surface area (TPSA) is 87.0 Å². The van der Waals surface area contributed by atoms with E-state index in [4.69, 9.17) is 21.3 Å². The molecule has 0 spiro atoms. The lowest BCUT2D eigenvalue weighted by Crippen LogP contribution is -2.14. The number of H-pyrrole nitrogens is 1. The molecule has 4 aromatic rings. The van der Waals surface area contributed by atoms with E-state index in [1.54, 1.807) is 7.11 Å². The average Bonchev–Trinajstić information content (AvgIpc) is 3.44. The molecule has 0 saturated carbocycles. The van der Waals surface area contributed by atoms with Gasteiger partial charge in [-0.2, -0.15) is 10.2 Å². The van der Waals surface area contributed by atoms with E-state index in [0.717, 1.165) is 81.1 Å². The maximum absolute atomic E-state index is 6.08. The average molecular weight is 720 g/mol. The normalized spacial score (nSPS) is 13.3. The Labute approximate surface area is 293 Å². The summed E-state index contributed by atoms with van der Waals surface area (Å²) < 4.78 is 6.21. The molecule has 1 unspecified atom stereocenters. The minimum absolute atomic E-state index is 0.430. The predicted molar refractivity (Wildman–Crippen MR) is 205 cm³/mol. The van der Waals surface area contributed by atoms with Crippen molar-refractivity contribution in [2.75, 3.05) is 20.2 Å². The van der Waals surface area contributed by atoms with Gasteiger partial charge < -0.3 is 15.0 Å². The summed E-state index contributed by atoms with van der Waals surface area (Å²) in [5, 5.41) is 12.9. The van der Waals surface area contributed by atoms with Gasteiger partial charge in [0.25, 0.3) is 0 Å². The van der Waals surface area contributed by atoms with Gasteiger partial charge in [0.15, 0.2) is 4.73 Å². The molecule has 1 heterocycles. The lowest BCUT2D eigenvalue weighted by Gasteiger charge is -2.12. The van der Waals surface area contributed by atoms with E-state index in [1.807, 2.05) is 56.3 Å². The zero-order valence-electron chi connectivity index (χ0n) is 28.9. The molecule has 0 bridgehead atoms. The highest BCUT2D eigenvalue weighted by atomic mass is 79.9. The Morgan fingerprint density at radius 2 is 1.79 bits per heavy atom. The van der Waals surface area contributed by atoms with E-state index < -0.39 is 0 Å². The number of benzene rings is 3. The molecule has 7 nitrogen and oxygen atoms in total. The highest BCUT2D eigenvalue weighted by Crippen LogP contribution is 2.22. The summed E-state index contributed by atoms with van der Waals surface area (Å²) in [4.78, 5) is 12.4. The number of fused-ring (bicyclic) bond motifs is 1. The first-order valence-electron chi connectivity index (χ1n) is 16.1. The fourth-order valence-corrected chi connectivity index (χ4v) is 5.20. The van der Waals surface area contributed by atoms with Crippen molar-refractivity contribution >= 4 is 55.7 Å². The number of halogens is 2. The number of imidazole rings is 1. The van der Waals surface area contributed by atoms with Crippen molar-refractivity contribution in [1.29, 1.82) is 0 Å². The number of rotatable bonds is 13.